The van der Waals surface area contributed by atoms with Gasteiger partial charge in [0.1, 0.15) is 0 Å². The monoisotopic (exact) mass is 437 g/mol. The van der Waals surface area contributed by atoms with Crippen molar-refractivity contribution in [3.05, 3.63) is 69.8 Å². The molecular formula is C23H23N3O2S2. The lowest BCUT2D eigenvalue weighted by molar-refractivity contribution is -0.121. The highest BCUT2D eigenvalue weighted by molar-refractivity contribution is 8.03. The summed E-state index contributed by atoms with van der Waals surface area (Å²) >= 11 is 2.82. The number of carbonyl (C=O) groups is 2. The summed E-state index contributed by atoms with van der Waals surface area (Å²) in [6, 6.07) is 15.9. The second kappa shape index (κ2) is 9.88. The highest BCUT2D eigenvalue weighted by Crippen LogP contribution is 2.36. The van der Waals surface area contributed by atoms with E-state index in [-0.39, 0.29) is 29.9 Å². The number of anilines is 1. The fourth-order valence-corrected chi connectivity index (χ4v) is 4.49. The van der Waals surface area contributed by atoms with E-state index in [4.69, 9.17) is 0 Å². The van der Waals surface area contributed by atoms with Crippen LogP contribution in [0.2, 0.25) is 0 Å². The van der Waals surface area contributed by atoms with Crippen LogP contribution in [0.25, 0.3) is 0 Å². The van der Waals surface area contributed by atoms with Crippen molar-refractivity contribution in [2.24, 2.45) is 0 Å². The molecule has 2 aromatic rings. The second-order valence-electron chi connectivity index (χ2n) is 7.07. The van der Waals surface area contributed by atoms with Gasteiger partial charge in [0.15, 0.2) is 0 Å². The zero-order valence-corrected chi connectivity index (χ0v) is 18.7. The molecule has 1 atom stereocenters. The Morgan fingerprint density at radius 2 is 1.93 bits per heavy atom. The predicted octanol–water partition coefficient (Wildman–Crippen LogP) is 4.74. The van der Waals surface area contributed by atoms with E-state index in [1.807, 2.05) is 62.6 Å². The van der Waals surface area contributed by atoms with E-state index < -0.39 is 0 Å². The molecule has 1 aliphatic rings. The smallest absolute Gasteiger partial charge is 0.234 e. The van der Waals surface area contributed by atoms with Gasteiger partial charge in [0.25, 0.3) is 0 Å². The molecule has 0 unspecified atom stereocenters. The third-order valence-electron chi connectivity index (χ3n) is 5.01. The topological polar surface area (TPSA) is 82.0 Å². The highest BCUT2D eigenvalue weighted by Gasteiger charge is 2.29. The molecule has 2 N–H and O–H groups in total. The van der Waals surface area contributed by atoms with Gasteiger partial charge in [-0.25, -0.2) is 0 Å². The van der Waals surface area contributed by atoms with E-state index in [0.717, 1.165) is 27.3 Å². The number of aryl methyl sites for hydroxylation is 2. The number of nitrogens with zero attached hydrogens (tertiary/aromatic N) is 1. The molecule has 2 amide bonds. The van der Waals surface area contributed by atoms with Gasteiger partial charge in [0.05, 0.1) is 22.4 Å². The number of amides is 2. The van der Waals surface area contributed by atoms with E-state index >= 15 is 0 Å². The minimum Gasteiger partial charge on any atom is -0.325 e. The molecule has 0 aromatic heterocycles. The van der Waals surface area contributed by atoms with Gasteiger partial charge in [-0.2, -0.15) is 5.26 Å². The van der Waals surface area contributed by atoms with Crippen LogP contribution in [-0.2, 0) is 9.59 Å². The molecule has 0 aliphatic carbocycles. The van der Waals surface area contributed by atoms with Crippen LogP contribution >= 0.6 is 23.5 Å². The first-order chi connectivity index (χ1) is 14.4. The summed E-state index contributed by atoms with van der Waals surface area (Å²) in [4.78, 5) is 25.8. The summed E-state index contributed by atoms with van der Waals surface area (Å²) in [5.74, 6) is -0.532. The molecule has 0 fully saturated rings. The van der Waals surface area contributed by atoms with Crippen molar-refractivity contribution >= 4 is 41.0 Å². The van der Waals surface area contributed by atoms with Gasteiger partial charge in [0.2, 0.25) is 11.8 Å². The summed E-state index contributed by atoms with van der Waals surface area (Å²) in [7, 11) is 0. The number of carbonyl (C=O) groups excluding carboxylic acids is 2. The van der Waals surface area contributed by atoms with Gasteiger partial charge >= 0.3 is 0 Å². The first-order valence-corrected chi connectivity index (χ1v) is 11.7. The van der Waals surface area contributed by atoms with Gasteiger partial charge in [-0.05, 0) is 61.1 Å². The van der Waals surface area contributed by atoms with Crippen molar-refractivity contribution in [1.82, 2.24) is 5.32 Å². The van der Waals surface area contributed by atoms with Crippen molar-refractivity contribution in [3.8, 4) is 6.07 Å². The van der Waals surface area contributed by atoms with Crippen LogP contribution < -0.4 is 10.6 Å². The summed E-state index contributed by atoms with van der Waals surface area (Å²) in [5.41, 5.74) is 4.42. The van der Waals surface area contributed by atoms with Crippen LogP contribution in [0.15, 0.2) is 58.0 Å². The Morgan fingerprint density at radius 1 is 1.20 bits per heavy atom. The lowest BCUT2D eigenvalue weighted by atomic mass is 9.87. The van der Waals surface area contributed by atoms with Crippen LogP contribution in [0.5, 0.6) is 0 Å². The average molecular weight is 438 g/mol. The van der Waals surface area contributed by atoms with Gasteiger partial charge < -0.3 is 10.6 Å². The van der Waals surface area contributed by atoms with E-state index in [1.54, 1.807) is 11.8 Å². The molecule has 154 valence electrons. The number of allylic oxidation sites excluding steroid dienone is 1. The van der Waals surface area contributed by atoms with E-state index in [9.17, 15) is 14.9 Å². The van der Waals surface area contributed by atoms with Crippen molar-refractivity contribution in [3.63, 3.8) is 0 Å². The minimum absolute atomic E-state index is 0.103. The van der Waals surface area contributed by atoms with Crippen LogP contribution in [-0.4, -0.2) is 23.8 Å². The fraction of sp³-hybridized carbons (Fsp3) is 0.261. The van der Waals surface area contributed by atoms with Crippen LogP contribution in [0, 0.1) is 25.2 Å². The number of hydrogen-bond acceptors (Lipinski definition) is 5. The first-order valence-electron chi connectivity index (χ1n) is 9.49. The largest absolute Gasteiger partial charge is 0.325 e. The standard InChI is InChI=1S/C23H23N3O2S2/c1-14-4-7-17(10-15(14)2)25-22(28)13-30-23-20(12-24)19(11-21(27)26-23)16-5-8-18(29-3)9-6-16/h4-10,19H,11,13H2,1-3H3,(H,25,28)(H,26,27)/t19-/m1/s1. The number of hydrogen-bond donors (Lipinski definition) is 2. The van der Waals surface area contributed by atoms with Gasteiger partial charge in [-0.1, -0.05) is 30.0 Å². The number of thioether (sulfide) groups is 2. The average Bonchev–Trinajstić information content (AvgIpc) is 2.74. The highest BCUT2D eigenvalue weighted by atomic mass is 32.2. The zero-order chi connectivity index (χ0) is 21.7. The third-order valence-corrected chi connectivity index (χ3v) is 6.77. The molecule has 5 nitrogen and oxygen atoms in total. The quantitative estimate of drug-likeness (QED) is 0.638. The molecule has 0 saturated heterocycles. The molecule has 0 bridgehead atoms. The van der Waals surface area contributed by atoms with Gasteiger partial charge in [0, 0.05) is 22.9 Å². The molecule has 1 heterocycles. The van der Waals surface area contributed by atoms with Crippen LogP contribution in [0.3, 0.4) is 0 Å². The molecule has 0 radical (unpaired) electrons. The number of rotatable bonds is 6. The summed E-state index contributed by atoms with van der Waals surface area (Å²) < 4.78 is 0. The lowest BCUT2D eigenvalue weighted by Crippen LogP contribution is -2.31. The van der Waals surface area contributed by atoms with Crippen LogP contribution in [0.4, 0.5) is 5.69 Å². The lowest BCUT2D eigenvalue weighted by Gasteiger charge is -2.25. The maximum atomic E-state index is 12.4. The van der Waals surface area contributed by atoms with Crippen molar-refractivity contribution in [1.29, 1.82) is 5.26 Å². The minimum atomic E-state index is -0.301. The molecule has 1 aliphatic heterocycles. The van der Waals surface area contributed by atoms with Crippen LogP contribution in [0.1, 0.15) is 29.0 Å². The third kappa shape index (κ3) is 5.26. The SMILES string of the molecule is CSc1ccc([C@H]2CC(=O)NC(SCC(=O)Nc3ccc(C)c(C)c3)=C2C#N)cc1. The molecule has 30 heavy (non-hydrogen) atoms. The Hall–Kier alpha value is -2.69. The molecule has 7 heteroatoms. The van der Waals surface area contributed by atoms with E-state index in [1.165, 1.54) is 11.8 Å². The normalized spacial score (nSPS) is 16.1. The maximum absolute atomic E-state index is 12.4. The Balaban J connectivity index is 1.74. The molecule has 2 aromatic carbocycles. The molecular weight excluding hydrogens is 414 g/mol. The predicted molar refractivity (Wildman–Crippen MR) is 123 cm³/mol. The van der Waals surface area contributed by atoms with Crippen molar-refractivity contribution in [2.45, 2.75) is 31.1 Å². The molecule has 3 rings (SSSR count). The number of nitriles is 1. The first kappa shape index (κ1) is 22.0. The van der Waals surface area contributed by atoms with Gasteiger partial charge in [-0.3, -0.25) is 9.59 Å². The summed E-state index contributed by atoms with van der Waals surface area (Å²) in [6.45, 7) is 4.01. The Labute approximate surface area is 185 Å². The summed E-state index contributed by atoms with van der Waals surface area (Å²) in [5, 5.41) is 15.9. The molecule has 0 spiro atoms. The van der Waals surface area contributed by atoms with Crippen molar-refractivity contribution < 1.29 is 9.59 Å². The van der Waals surface area contributed by atoms with E-state index in [2.05, 4.69) is 16.7 Å². The summed E-state index contributed by atoms with van der Waals surface area (Å²) in [6.07, 6.45) is 2.22. The van der Waals surface area contributed by atoms with Crippen molar-refractivity contribution in [2.75, 3.05) is 17.3 Å². The Morgan fingerprint density at radius 3 is 2.57 bits per heavy atom. The molecule has 0 saturated carbocycles. The number of nitrogens with one attached hydrogen (secondary N) is 2. The number of benzene rings is 2. The Kier molecular flexibility index (Phi) is 7.24. The van der Waals surface area contributed by atoms with E-state index in [0.29, 0.717) is 10.6 Å². The van der Waals surface area contributed by atoms with Gasteiger partial charge in [-0.15, -0.1) is 11.8 Å². The fourth-order valence-electron chi connectivity index (χ4n) is 3.21. The Bertz CT molecular complexity index is 1040. The zero-order valence-electron chi connectivity index (χ0n) is 17.1. The second-order valence-corrected chi connectivity index (χ2v) is 8.93. The maximum Gasteiger partial charge on any atom is 0.234 e.